The Morgan fingerprint density at radius 1 is 0.889 bits per heavy atom. The summed E-state index contributed by atoms with van der Waals surface area (Å²) in [6, 6.07) is 17.4. The summed E-state index contributed by atoms with van der Waals surface area (Å²) in [7, 11) is 0. The van der Waals surface area contributed by atoms with Crippen LogP contribution in [0, 0.1) is 5.92 Å². The van der Waals surface area contributed by atoms with E-state index in [4.69, 9.17) is 0 Å². The lowest BCUT2D eigenvalue weighted by atomic mass is 9.97. The minimum atomic E-state index is -0.420. The highest BCUT2D eigenvalue weighted by Crippen LogP contribution is 2.18. The predicted octanol–water partition coefficient (Wildman–Crippen LogP) is 2.39. The summed E-state index contributed by atoms with van der Waals surface area (Å²) in [6.07, 6.45) is 1.45. The number of para-hydroxylation sites is 1. The molecular weight excluding hydrogens is 344 g/mol. The summed E-state index contributed by atoms with van der Waals surface area (Å²) in [5.74, 6) is -0.777. The number of amides is 4. The number of carbonyl (C=O) groups excluding carboxylic acids is 3. The summed E-state index contributed by atoms with van der Waals surface area (Å²) in [5, 5.41) is 2.88. The fraction of sp³-hybridized carbons (Fsp3) is 0.250. The summed E-state index contributed by atoms with van der Waals surface area (Å²) in [4.78, 5) is 38.3. The predicted molar refractivity (Wildman–Crippen MR) is 102 cm³/mol. The van der Waals surface area contributed by atoms with Crippen molar-refractivity contribution in [2.45, 2.75) is 12.8 Å². The molecule has 0 aromatic heterocycles. The molecule has 27 heavy (non-hydrogen) atoms. The van der Waals surface area contributed by atoms with E-state index in [9.17, 15) is 14.4 Å². The number of hydrogen-bond acceptors (Lipinski definition) is 3. The molecule has 7 heteroatoms. The van der Waals surface area contributed by atoms with Crippen LogP contribution in [-0.4, -0.2) is 35.8 Å². The highest BCUT2D eigenvalue weighted by Gasteiger charge is 2.28. The lowest BCUT2D eigenvalue weighted by molar-refractivity contribution is -0.121. The molecule has 1 aliphatic rings. The first-order chi connectivity index (χ1) is 13.1. The van der Waals surface area contributed by atoms with Gasteiger partial charge in [-0.15, -0.1) is 0 Å². The highest BCUT2D eigenvalue weighted by atomic mass is 16.2. The SMILES string of the molecule is O=C(NNC(=O)N1CCC[C@@H](C(=O)Nc2ccccc2)C1)c1ccccc1. The zero-order valence-corrected chi connectivity index (χ0v) is 14.9. The van der Waals surface area contributed by atoms with Crippen molar-refractivity contribution in [3.05, 3.63) is 66.2 Å². The van der Waals surface area contributed by atoms with E-state index in [1.165, 1.54) is 0 Å². The van der Waals surface area contributed by atoms with Gasteiger partial charge in [0.1, 0.15) is 0 Å². The van der Waals surface area contributed by atoms with Crippen molar-refractivity contribution in [3.8, 4) is 0 Å². The van der Waals surface area contributed by atoms with Crippen molar-refractivity contribution in [1.29, 1.82) is 0 Å². The van der Waals surface area contributed by atoms with Gasteiger partial charge in [-0.25, -0.2) is 10.2 Å². The Bertz CT molecular complexity index is 795. The Balaban J connectivity index is 1.50. The normalized spacial score (nSPS) is 16.3. The molecule has 2 aromatic rings. The first-order valence-corrected chi connectivity index (χ1v) is 8.89. The van der Waals surface area contributed by atoms with Crippen LogP contribution in [0.25, 0.3) is 0 Å². The van der Waals surface area contributed by atoms with E-state index < -0.39 is 6.03 Å². The maximum absolute atomic E-state index is 12.4. The summed E-state index contributed by atoms with van der Waals surface area (Å²) in [5.41, 5.74) is 6.01. The molecular formula is C20H22N4O3. The van der Waals surface area contributed by atoms with E-state index in [1.807, 2.05) is 36.4 Å². The Morgan fingerprint density at radius 2 is 1.56 bits per heavy atom. The molecule has 0 bridgehead atoms. The standard InChI is InChI=1S/C20H22N4O3/c25-18(21-17-11-5-2-6-12-17)16-10-7-13-24(14-16)20(27)23-22-19(26)15-8-3-1-4-9-15/h1-6,8-9,11-12,16H,7,10,13-14H2,(H,21,25)(H,22,26)(H,23,27)/t16-/m1/s1. The second kappa shape index (κ2) is 8.84. The number of hydrogen-bond donors (Lipinski definition) is 3. The second-order valence-corrected chi connectivity index (χ2v) is 6.39. The first kappa shape index (κ1) is 18.4. The number of piperidine rings is 1. The Kier molecular flexibility index (Phi) is 6.04. The smallest absolute Gasteiger partial charge is 0.326 e. The van der Waals surface area contributed by atoms with Gasteiger partial charge in [0.15, 0.2) is 0 Å². The molecule has 1 fully saturated rings. The van der Waals surface area contributed by atoms with Gasteiger partial charge in [-0.05, 0) is 37.1 Å². The van der Waals surface area contributed by atoms with Gasteiger partial charge < -0.3 is 10.2 Å². The molecule has 4 amide bonds. The van der Waals surface area contributed by atoms with Crippen LogP contribution in [0.2, 0.25) is 0 Å². The number of hydrazine groups is 1. The summed E-state index contributed by atoms with van der Waals surface area (Å²) >= 11 is 0. The van der Waals surface area contributed by atoms with Gasteiger partial charge in [-0.2, -0.15) is 0 Å². The third-order valence-corrected chi connectivity index (χ3v) is 4.44. The van der Waals surface area contributed by atoms with Gasteiger partial charge in [-0.3, -0.25) is 15.0 Å². The number of rotatable bonds is 3. The van der Waals surface area contributed by atoms with Crippen LogP contribution in [0.1, 0.15) is 23.2 Å². The highest BCUT2D eigenvalue weighted by molar-refractivity contribution is 5.95. The van der Waals surface area contributed by atoms with E-state index in [-0.39, 0.29) is 17.7 Å². The summed E-state index contributed by atoms with van der Waals surface area (Å²) < 4.78 is 0. The number of likely N-dealkylation sites (tertiary alicyclic amines) is 1. The number of nitrogens with one attached hydrogen (secondary N) is 3. The molecule has 1 atom stereocenters. The minimum absolute atomic E-state index is 0.105. The fourth-order valence-corrected chi connectivity index (χ4v) is 2.99. The average Bonchev–Trinajstić information content (AvgIpc) is 2.73. The van der Waals surface area contributed by atoms with Crippen LogP contribution in [0.15, 0.2) is 60.7 Å². The molecule has 1 saturated heterocycles. The van der Waals surface area contributed by atoms with Gasteiger partial charge in [0.2, 0.25) is 5.91 Å². The second-order valence-electron chi connectivity index (χ2n) is 6.39. The van der Waals surface area contributed by atoms with Gasteiger partial charge in [0.05, 0.1) is 5.92 Å². The fourth-order valence-electron chi connectivity index (χ4n) is 2.99. The third-order valence-electron chi connectivity index (χ3n) is 4.44. The quantitative estimate of drug-likeness (QED) is 0.729. The molecule has 0 aliphatic carbocycles. The monoisotopic (exact) mass is 366 g/mol. The van der Waals surface area contributed by atoms with E-state index in [2.05, 4.69) is 16.2 Å². The zero-order valence-electron chi connectivity index (χ0n) is 14.9. The molecule has 3 N–H and O–H groups in total. The van der Waals surface area contributed by atoms with Crippen molar-refractivity contribution in [2.75, 3.05) is 18.4 Å². The Hall–Kier alpha value is -3.35. The number of nitrogens with zero attached hydrogens (tertiary/aromatic N) is 1. The zero-order chi connectivity index (χ0) is 19.1. The number of urea groups is 1. The number of anilines is 1. The molecule has 2 aromatic carbocycles. The topological polar surface area (TPSA) is 90.5 Å². The van der Waals surface area contributed by atoms with Gasteiger partial charge in [-0.1, -0.05) is 36.4 Å². The van der Waals surface area contributed by atoms with Gasteiger partial charge in [0.25, 0.3) is 5.91 Å². The molecule has 0 spiro atoms. The van der Waals surface area contributed by atoms with E-state index in [0.717, 1.165) is 18.5 Å². The van der Waals surface area contributed by atoms with Crippen molar-refractivity contribution in [1.82, 2.24) is 15.8 Å². The van der Waals surface area contributed by atoms with Crippen LogP contribution < -0.4 is 16.2 Å². The molecule has 3 rings (SSSR count). The van der Waals surface area contributed by atoms with Gasteiger partial charge >= 0.3 is 6.03 Å². The van der Waals surface area contributed by atoms with Crippen molar-refractivity contribution >= 4 is 23.5 Å². The van der Waals surface area contributed by atoms with Crippen molar-refractivity contribution in [3.63, 3.8) is 0 Å². The maximum atomic E-state index is 12.4. The number of benzene rings is 2. The molecule has 0 radical (unpaired) electrons. The van der Waals surface area contributed by atoms with Crippen LogP contribution in [0.4, 0.5) is 10.5 Å². The lowest BCUT2D eigenvalue weighted by Gasteiger charge is -2.32. The molecule has 0 unspecified atom stereocenters. The van der Waals surface area contributed by atoms with Crippen LogP contribution in [-0.2, 0) is 4.79 Å². The largest absolute Gasteiger partial charge is 0.336 e. The first-order valence-electron chi connectivity index (χ1n) is 8.89. The van der Waals surface area contributed by atoms with Crippen molar-refractivity contribution in [2.24, 2.45) is 5.92 Å². The third kappa shape index (κ3) is 5.07. The molecule has 1 heterocycles. The Morgan fingerprint density at radius 3 is 2.26 bits per heavy atom. The van der Waals surface area contributed by atoms with E-state index >= 15 is 0 Å². The maximum Gasteiger partial charge on any atom is 0.336 e. The minimum Gasteiger partial charge on any atom is -0.326 e. The van der Waals surface area contributed by atoms with Gasteiger partial charge in [0, 0.05) is 24.3 Å². The molecule has 140 valence electrons. The lowest BCUT2D eigenvalue weighted by Crippen LogP contribution is -2.52. The van der Waals surface area contributed by atoms with E-state index in [0.29, 0.717) is 18.7 Å². The molecule has 1 aliphatic heterocycles. The molecule has 0 saturated carbocycles. The average molecular weight is 366 g/mol. The van der Waals surface area contributed by atoms with Crippen LogP contribution in [0.5, 0.6) is 0 Å². The Labute approximate surface area is 157 Å². The van der Waals surface area contributed by atoms with Crippen LogP contribution in [0.3, 0.4) is 0 Å². The van der Waals surface area contributed by atoms with Crippen molar-refractivity contribution < 1.29 is 14.4 Å². The molecule has 7 nitrogen and oxygen atoms in total. The number of carbonyl (C=O) groups is 3. The summed E-state index contributed by atoms with van der Waals surface area (Å²) in [6.45, 7) is 0.855. The van der Waals surface area contributed by atoms with E-state index in [1.54, 1.807) is 29.2 Å². The van der Waals surface area contributed by atoms with Crippen LogP contribution >= 0.6 is 0 Å².